The molecule has 0 spiro atoms. The number of phenols is 1. The van der Waals surface area contributed by atoms with E-state index in [0.29, 0.717) is 10.2 Å². The highest BCUT2D eigenvalue weighted by atomic mass is 79.9. The Morgan fingerprint density at radius 2 is 2.08 bits per heavy atom. The van der Waals surface area contributed by atoms with Crippen molar-refractivity contribution in [2.24, 2.45) is 0 Å². The summed E-state index contributed by atoms with van der Waals surface area (Å²) in [6.45, 7) is 2.54. The lowest BCUT2D eigenvalue weighted by molar-refractivity contribution is -0.384. The van der Waals surface area contributed by atoms with E-state index in [0.717, 1.165) is 43.6 Å². The molecule has 0 unspecified atom stereocenters. The summed E-state index contributed by atoms with van der Waals surface area (Å²) in [6.07, 6.45) is 1.72. The summed E-state index contributed by atoms with van der Waals surface area (Å²) in [5, 5.41) is 20.9. The summed E-state index contributed by atoms with van der Waals surface area (Å²) in [5.74, 6) is 0.628. The van der Waals surface area contributed by atoms with Gasteiger partial charge in [-0.25, -0.2) is 0 Å². The van der Waals surface area contributed by atoms with Gasteiger partial charge in [-0.05, 0) is 51.5 Å². The van der Waals surface area contributed by atoms with Gasteiger partial charge in [0.25, 0.3) is 5.69 Å². The van der Waals surface area contributed by atoms with Crippen molar-refractivity contribution < 1.29 is 14.8 Å². The second-order valence-corrected chi connectivity index (χ2v) is 6.87. The van der Waals surface area contributed by atoms with Crippen molar-refractivity contribution in [3.8, 4) is 11.5 Å². The summed E-state index contributed by atoms with van der Waals surface area (Å²) in [6, 6.07) is 8.61. The Labute approximate surface area is 154 Å². The van der Waals surface area contributed by atoms with Crippen LogP contribution in [0.5, 0.6) is 11.5 Å². The van der Waals surface area contributed by atoms with Gasteiger partial charge in [0.2, 0.25) is 0 Å². The number of methoxy groups -OCH3 is 1. The number of hydrogen-bond donors (Lipinski definition) is 1. The first-order valence-corrected chi connectivity index (χ1v) is 8.81. The number of rotatable bonds is 5. The molecule has 0 radical (unpaired) electrons. The molecule has 0 fully saturated rings. The summed E-state index contributed by atoms with van der Waals surface area (Å²) >= 11 is 3.48. The zero-order chi connectivity index (χ0) is 18.0. The molecule has 0 saturated heterocycles. The van der Waals surface area contributed by atoms with Crippen molar-refractivity contribution in [1.29, 1.82) is 0 Å². The first kappa shape index (κ1) is 17.7. The van der Waals surface area contributed by atoms with Gasteiger partial charge in [0.1, 0.15) is 0 Å². The van der Waals surface area contributed by atoms with Gasteiger partial charge >= 0.3 is 0 Å². The third-order valence-electron chi connectivity index (χ3n) is 4.56. The van der Waals surface area contributed by atoms with Crippen LogP contribution in [0.3, 0.4) is 0 Å². The Bertz CT molecular complexity index is 793. The number of nitro benzene ring substituents is 1. The minimum absolute atomic E-state index is 0.115. The van der Waals surface area contributed by atoms with E-state index in [1.54, 1.807) is 19.2 Å². The topological polar surface area (TPSA) is 75.8 Å². The zero-order valence-corrected chi connectivity index (χ0v) is 15.5. The Hall–Kier alpha value is -2.12. The van der Waals surface area contributed by atoms with Gasteiger partial charge in [-0.1, -0.05) is 12.1 Å². The van der Waals surface area contributed by atoms with Gasteiger partial charge in [-0.3, -0.25) is 15.0 Å². The van der Waals surface area contributed by atoms with Crippen LogP contribution in [0.1, 0.15) is 16.7 Å². The van der Waals surface area contributed by atoms with Crippen molar-refractivity contribution in [3.05, 3.63) is 61.6 Å². The number of fused-ring (bicyclic) bond motifs is 1. The molecule has 6 nitrogen and oxygen atoms in total. The van der Waals surface area contributed by atoms with Gasteiger partial charge in [0, 0.05) is 31.8 Å². The molecule has 1 N–H and O–H groups in total. The minimum Gasteiger partial charge on any atom is -0.503 e. The summed E-state index contributed by atoms with van der Waals surface area (Å²) < 4.78 is 5.91. The van der Waals surface area contributed by atoms with Gasteiger partial charge in [0.05, 0.1) is 16.5 Å². The number of hydrogen-bond acceptors (Lipinski definition) is 5. The maximum absolute atomic E-state index is 10.7. The fraction of sp³-hybridized carbons (Fsp3) is 0.333. The quantitative estimate of drug-likeness (QED) is 0.605. The van der Waals surface area contributed by atoms with Crippen molar-refractivity contribution >= 4 is 21.6 Å². The van der Waals surface area contributed by atoms with E-state index in [1.807, 2.05) is 18.2 Å². The van der Waals surface area contributed by atoms with Gasteiger partial charge < -0.3 is 9.84 Å². The molecule has 1 aliphatic rings. The number of nitro groups is 1. The fourth-order valence-corrected chi connectivity index (χ4v) is 3.67. The molecule has 1 aliphatic heterocycles. The number of phenolic OH excluding ortho intramolecular Hbond substituents is 1. The van der Waals surface area contributed by atoms with E-state index in [9.17, 15) is 15.2 Å². The first-order chi connectivity index (χ1) is 12.0. The molecular formula is C18H19BrN2O4. The van der Waals surface area contributed by atoms with Crippen LogP contribution >= 0.6 is 15.9 Å². The van der Waals surface area contributed by atoms with Crippen molar-refractivity contribution in [2.45, 2.75) is 19.4 Å². The number of nitrogens with zero attached hydrogens (tertiary/aromatic N) is 2. The smallest absolute Gasteiger partial charge is 0.269 e. The highest BCUT2D eigenvalue weighted by Gasteiger charge is 2.22. The molecule has 0 saturated carbocycles. The van der Waals surface area contributed by atoms with Crippen LogP contribution in [0, 0.1) is 10.1 Å². The van der Waals surface area contributed by atoms with Gasteiger partial charge in [0.15, 0.2) is 11.5 Å². The van der Waals surface area contributed by atoms with Crippen LogP contribution < -0.4 is 4.74 Å². The lowest BCUT2D eigenvalue weighted by Crippen LogP contribution is -2.32. The SMILES string of the molecule is COc1cc2c(c(Br)c1O)CN(CCc1ccc([N+](=O)[O-])cc1)CC2. The summed E-state index contributed by atoms with van der Waals surface area (Å²) in [7, 11) is 1.55. The average Bonchev–Trinajstić information content (AvgIpc) is 2.63. The zero-order valence-electron chi connectivity index (χ0n) is 13.9. The monoisotopic (exact) mass is 406 g/mol. The minimum atomic E-state index is -0.385. The Morgan fingerprint density at radius 3 is 2.72 bits per heavy atom. The molecule has 3 rings (SSSR count). The molecule has 0 amide bonds. The standard InChI is InChI=1S/C18H19BrN2O4/c1-25-16-10-13-7-9-20(11-15(13)17(19)18(16)22)8-6-12-2-4-14(5-3-12)21(23)24/h2-5,10,22H,6-9,11H2,1H3. The molecule has 0 aliphatic carbocycles. The summed E-state index contributed by atoms with van der Waals surface area (Å²) in [4.78, 5) is 12.6. The van der Waals surface area contributed by atoms with E-state index >= 15 is 0 Å². The molecule has 0 aromatic heterocycles. The van der Waals surface area contributed by atoms with E-state index in [2.05, 4.69) is 20.8 Å². The number of aromatic hydroxyl groups is 1. The number of halogens is 1. The Balaban J connectivity index is 1.67. The van der Waals surface area contributed by atoms with Crippen LogP contribution in [0.15, 0.2) is 34.8 Å². The number of benzene rings is 2. The van der Waals surface area contributed by atoms with E-state index in [1.165, 1.54) is 5.56 Å². The number of non-ortho nitro benzene ring substituents is 1. The van der Waals surface area contributed by atoms with Crippen LogP contribution in [0.25, 0.3) is 0 Å². The maximum Gasteiger partial charge on any atom is 0.269 e. The molecular weight excluding hydrogens is 388 g/mol. The van der Waals surface area contributed by atoms with Crippen molar-refractivity contribution in [2.75, 3.05) is 20.2 Å². The predicted molar refractivity (Wildman–Crippen MR) is 98.1 cm³/mol. The average molecular weight is 407 g/mol. The van der Waals surface area contributed by atoms with E-state index < -0.39 is 0 Å². The van der Waals surface area contributed by atoms with Gasteiger partial charge in [-0.15, -0.1) is 0 Å². The highest BCUT2D eigenvalue weighted by Crippen LogP contribution is 2.40. The second-order valence-electron chi connectivity index (χ2n) is 6.08. The predicted octanol–water partition coefficient (Wildman–Crippen LogP) is 3.67. The summed E-state index contributed by atoms with van der Waals surface area (Å²) in [5.41, 5.74) is 3.47. The molecule has 132 valence electrons. The van der Waals surface area contributed by atoms with Gasteiger partial charge in [-0.2, -0.15) is 0 Å². The number of ether oxygens (including phenoxy) is 1. The molecule has 1 heterocycles. The highest BCUT2D eigenvalue weighted by molar-refractivity contribution is 9.10. The molecule has 2 aromatic carbocycles. The third kappa shape index (κ3) is 3.77. The lowest BCUT2D eigenvalue weighted by atomic mass is 9.98. The molecule has 0 atom stereocenters. The first-order valence-electron chi connectivity index (χ1n) is 8.02. The van der Waals surface area contributed by atoms with Crippen LogP contribution in [0.2, 0.25) is 0 Å². The Morgan fingerprint density at radius 1 is 1.36 bits per heavy atom. The molecule has 0 bridgehead atoms. The molecule has 25 heavy (non-hydrogen) atoms. The molecule has 2 aromatic rings. The Kier molecular flexibility index (Phi) is 5.24. The van der Waals surface area contributed by atoms with Crippen LogP contribution in [0.4, 0.5) is 5.69 Å². The largest absolute Gasteiger partial charge is 0.503 e. The fourth-order valence-electron chi connectivity index (χ4n) is 3.10. The van der Waals surface area contributed by atoms with E-state index in [4.69, 9.17) is 4.74 Å². The second kappa shape index (κ2) is 7.41. The normalized spacial score (nSPS) is 14.2. The van der Waals surface area contributed by atoms with Crippen LogP contribution in [-0.4, -0.2) is 35.1 Å². The maximum atomic E-state index is 10.7. The van der Waals surface area contributed by atoms with Crippen molar-refractivity contribution in [1.82, 2.24) is 4.90 Å². The lowest BCUT2D eigenvalue weighted by Gasteiger charge is -2.30. The van der Waals surface area contributed by atoms with Crippen LogP contribution in [-0.2, 0) is 19.4 Å². The molecule has 7 heteroatoms. The third-order valence-corrected chi connectivity index (χ3v) is 5.42. The van der Waals surface area contributed by atoms with Crippen molar-refractivity contribution in [3.63, 3.8) is 0 Å². The van der Waals surface area contributed by atoms with E-state index in [-0.39, 0.29) is 16.4 Å².